The van der Waals surface area contributed by atoms with Gasteiger partial charge in [-0.05, 0) is 18.6 Å². The molecule has 1 aromatic rings. The van der Waals surface area contributed by atoms with Crippen LogP contribution in [0.5, 0.6) is 0 Å². The standard InChI is InChI=1S/C8H9BF3S2.K/c1-13-7-3-6(9(10,11)12)4-8(5-7)14-2;/h3-5H,1-2H3;/q-1;+1. The number of hydrogen-bond acceptors (Lipinski definition) is 2. The Labute approximate surface area is 139 Å². The van der Waals surface area contributed by atoms with Gasteiger partial charge in [0.1, 0.15) is 0 Å². The van der Waals surface area contributed by atoms with Gasteiger partial charge >= 0.3 is 58.4 Å². The van der Waals surface area contributed by atoms with Gasteiger partial charge in [-0.3, -0.25) is 0 Å². The Morgan fingerprint density at radius 2 is 1.33 bits per heavy atom. The van der Waals surface area contributed by atoms with E-state index in [-0.39, 0.29) is 51.4 Å². The first-order chi connectivity index (χ1) is 6.47. The van der Waals surface area contributed by atoms with E-state index < -0.39 is 12.4 Å². The van der Waals surface area contributed by atoms with E-state index in [1.165, 1.54) is 35.7 Å². The summed E-state index contributed by atoms with van der Waals surface area (Å²) in [4.78, 5) is 1.32. The van der Waals surface area contributed by atoms with Crippen LogP contribution in [-0.2, 0) is 0 Å². The molecule has 0 unspecified atom stereocenters. The summed E-state index contributed by atoms with van der Waals surface area (Å²) >= 11 is 2.65. The van der Waals surface area contributed by atoms with Crippen molar-refractivity contribution in [3.05, 3.63) is 18.2 Å². The number of halogens is 3. The van der Waals surface area contributed by atoms with E-state index in [2.05, 4.69) is 0 Å². The van der Waals surface area contributed by atoms with Crippen molar-refractivity contribution in [3.8, 4) is 0 Å². The average molecular weight is 276 g/mol. The third-order valence-electron chi connectivity index (χ3n) is 1.75. The summed E-state index contributed by atoms with van der Waals surface area (Å²) in [5.41, 5.74) is -0.513. The fourth-order valence-electron chi connectivity index (χ4n) is 1.02. The molecule has 78 valence electrons. The Bertz CT molecular complexity index is 308. The Balaban J connectivity index is 0.00000196. The zero-order valence-corrected chi connectivity index (χ0v) is 13.5. The summed E-state index contributed by atoms with van der Waals surface area (Å²) in [6.07, 6.45) is 3.54. The zero-order valence-electron chi connectivity index (χ0n) is 8.76. The maximum absolute atomic E-state index is 12.5. The van der Waals surface area contributed by atoms with Gasteiger partial charge in [0, 0.05) is 9.79 Å². The molecular weight excluding hydrogens is 267 g/mol. The second kappa shape index (κ2) is 6.98. The minimum atomic E-state index is -4.88. The van der Waals surface area contributed by atoms with Gasteiger partial charge in [-0.25, -0.2) is 0 Å². The molecule has 1 rings (SSSR count). The summed E-state index contributed by atoms with van der Waals surface area (Å²) in [5.74, 6) is 0. The number of benzene rings is 1. The Kier molecular flexibility index (Phi) is 7.64. The van der Waals surface area contributed by atoms with Crippen LogP contribution in [0.1, 0.15) is 0 Å². The second-order valence-corrected chi connectivity index (χ2v) is 4.48. The molecule has 0 aromatic heterocycles. The summed E-state index contributed by atoms with van der Waals surface area (Å²) in [6.45, 7) is -4.88. The molecule has 0 saturated carbocycles. The van der Waals surface area contributed by atoms with Gasteiger partial charge in [-0.2, -0.15) is 0 Å². The van der Waals surface area contributed by atoms with Crippen LogP contribution in [0.3, 0.4) is 0 Å². The molecule has 0 aliphatic rings. The molecule has 0 nitrogen and oxygen atoms in total. The van der Waals surface area contributed by atoms with Crippen molar-refractivity contribution in [2.75, 3.05) is 12.5 Å². The van der Waals surface area contributed by atoms with E-state index in [0.717, 1.165) is 0 Å². The fraction of sp³-hybridized carbons (Fsp3) is 0.250. The maximum Gasteiger partial charge on any atom is 1.00 e. The average Bonchev–Trinajstić information content (AvgIpc) is 2.15. The minimum Gasteiger partial charge on any atom is -0.445 e. The summed E-state index contributed by atoms with van der Waals surface area (Å²) < 4.78 is 37.4. The molecule has 0 N–H and O–H groups in total. The zero-order chi connectivity index (χ0) is 10.8. The Morgan fingerprint density at radius 1 is 0.933 bits per heavy atom. The smallest absolute Gasteiger partial charge is 0.445 e. The first kappa shape index (κ1) is 16.4. The van der Waals surface area contributed by atoms with Gasteiger partial charge < -0.3 is 12.9 Å². The first-order valence-corrected chi connectivity index (χ1v) is 6.35. The van der Waals surface area contributed by atoms with Gasteiger partial charge in [0.05, 0.1) is 0 Å². The predicted octanol–water partition coefficient (Wildman–Crippen LogP) is 0.189. The molecule has 1 aromatic carbocycles. The van der Waals surface area contributed by atoms with Gasteiger partial charge in [-0.1, -0.05) is 12.1 Å². The predicted molar refractivity (Wildman–Crippen MR) is 58.7 cm³/mol. The van der Waals surface area contributed by atoms with Crippen molar-refractivity contribution in [2.45, 2.75) is 9.79 Å². The van der Waals surface area contributed by atoms with E-state index in [0.29, 0.717) is 9.79 Å². The number of thioether (sulfide) groups is 2. The molecule has 0 aliphatic carbocycles. The largest absolute Gasteiger partial charge is 1.00 e. The molecule has 0 spiro atoms. The fourth-order valence-corrected chi connectivity index (χ4v) is 2.09. The Morgan fingerprint density at radius 3 is 1.60 bits per heavy atom. The first-order valence-electron chi connectivity index (χ1n) is 3.90. The third kappa shape index (κ3) is 5.06. The normalized spacial score (nSPS) is 11.0. The monoisotopic (exact) mass is 276 g/mol. The number of rotatable bonds is 3. The van der Waals surface area contributed by atoms with Crippen molar-refractivity contribution in [1.29, 1.82) is 0 Å². The minimum absolute atomic E-state index is 0. The van der Waals surface area contributed by atoms with Crippen molar-refractivity contribution < 1.29 is 64.3 Å². The van der Waals surface area contributed by atoms with Gasteiger partial charge in [0.25, 0.3) is 0 Å². The topological polar surface area (TPSA) is 0 Å². The second-order valence-electron chi connectivity index (χ2n) is 2.72. The van der Waals surface area contributed by atoms with Gasteiger partial charge in [-0.15, -0.1) is 29.0 Å². The third-order valence-corrected chi connectivity index (χ3v) is 3.17. The van der Waals surface area contributed by atoms with Crippen molar-refractivity contribution >= 4 is 36.0 Å². The van der Waals surface area contributed by atoms with Crippen LogP contribution in [0.15, 0.2) is 28.0 Å². The molecule has 0 aliphatic heterocycles. The van der Waals surface area contributed by atoms with E-state index in [9.17, 15) is 12.9 Å². The molecule has 0 atom stereocenters. The summed E-state index contributed by atoms with van der Waals surface area (Å²) in [5, 5.41) is 0. The number of hydrogen-bond donors (Lipinski definition) is 0. The van der Waals surface area contributed by atoms with Crippen LogP contribution >= 0.6 is 23.5 Å². The van der Waals surface area contributed by atoms with E-state index in [4.69, 9.17) is 0 Å². The molecule has 0 heterocycles. The van der Waals surface area contributed by atoms with E-state index in [1.54, 1.807) is 18.6 Å². The van der Waals surface area contributed by atoms with Crippen molar-refractivity contribution in [2.24, 2.45) is 0 Å². The van der Waals surface area contributed by atoms with Crippen LogP contribution in [0.2, 0.25) is 0 Å². The van der Waals surface area contributed by atoms with E-state index >= 15 is 0 Å². The SMILES string of the molecule is CSc1cc(SC)cc([B-](F)(F)F)c1.[K+]. The van der Waals surface area contributed by atoms with Crippen LogP contribution in [-0.4, -0.2) is 19.5 Å². The molecular formula is C8H9BF3KS2. The quantitative estimate of drug-likeness (QED) is 0.571. The Hall–Kier alpha value is 1.41. The van der Waals surface area contributed by atoms with Crippen LogP contribution < -0.4 is 56.8 Å². The molecule has 0 radical (unpaired) electrons. The molecule has 0 saturated heterocycles. The summed E-state index contributed by atoms with van der Waals surface area (Å²) in [7, 11) is 0. The van der Waals surface area contributed by atoms with Gasteiger partial charge in [0.15, 0.2) is 0 Å². The van der Waals surface area contributed by atoms with Crippen molar-refractivity contribution in [3.63, 3.8) is 0 Å². The maximum atomic E-state index is 12.5. The van der Waals surface area contributed by atoms with Crippen LogP contribution in [0.4, 0.5) is 12.9 Å². The molecule has 0 bridgehead atoms. The van der Waals surface area contributed by atoms with Crippen molar-refractivity contribution in [1.82, 2.24) is 0 Å². The molecule has 15 heavy (non-hydrogen) atoms. The van der Waals surface area contributed by atoms with E-state index in [1.807, 2.05) is 0 Å². The van der Waals surface area contributed by atoms with Crippen LogP contribution in [0.25, 0.3) is 0 Å². The van der Waals surface area contributed by atoms with Gasteiger partial charge in [0.2, 0.25) is 0 Å². The molecule has 7 heteroatoms. The van der Waals surface area contributed by atoms with Crippen LogP contribution in [0, 0.1) is 0 Å². The molecule has 0 amide bonds. The molecule has 0 fully saturated rings. The summed E-state index contributed by atoms with van der Waals surface area (Å²) in [6, 6.07) is 4.16.